The minimum absolute atomic E-state index is 0.250. The molecule has 5 rings (SSSR count). The van der Waals surface area contributed by atoms with E-state index in [9.17, 15) is 14.4 Å². The first kappa shape index (κ1) is 22.7. The lowest BCUT2D eigenvalue weighted by Gasteiger charge is -2.32. The number of thiophene rings is 1. The van der Waals surface area contributed by atoms with E-state index in [2.05, 4.69) is 27.3 Å². The molecule has 0 bridgehead atoms. The fraction of sp³-hybridized carbons (Fsp3) is 0.280. The summed E-state index contributed by atoms with van der Waals surface area (Å²) in [7, 11) is 0. The fourth-order valence-corrected chi connectivity index (χ4v) is 5.57. The molecule has 0 saturated carbocycles. The number of halogens is 1. The Bertz CT molecular complexity index is 1240. The van der Waals surface area contributed by atoms with E-state index in [4.69, 9.17) is 11.6 Å². The van der Waals surface area contributed by atoms with Crippen molar-refractivity contribution in [3.8, 4) is 0 Å². The number of piperidine rings is 1. The molecular weight excluding hydrogens is 472 g/mol. The van der Waals surface area contributed by atoms with Crippen LogP contribution in [-0.4, -0.2) is 58.7 Å². The van der Waals surface area contributed by atoms with Gasteiger partial charge in [-0.3, -0.25) is 24.3 Å². The molecule has 3 amide bonds. The molecule has 2 aromatic heterocycles. The van der Waals surface area contributed by atoms with Crippen LogP contribution in [0.15, 0.2) is 54.9 Å². The van der Waals surface area contributed by atoms with E-state index in [1.54, 1.807) is 30.3 Å². The van der Waals surface area contributed by atoms with E-state index >= 15 is 0 Å². The molecule has 0 atom stereocenters. The van der Waals surface area contributed by atoms with Gasteiger partial charge in [0, 0.05) is 25.5 Å². The van der Waals surface area contributed by atoms with Gasteiger partial charge in [0.2, 0.25) is 0 Å². The Labute approximate surface area is 206 Å². The Morgan fingerprint density at radius 1 is 1.03 bits per heavy atom. The summed E-state index contributed by atoms with van der Waals surface area (Å²) in [5.74, 6) is -0.530. The minimum Gasteiger partial charge on any atom is -0.321 e. The van der Waals surface area contributed by atoms with Crippen LogP contribution in [0.1, 0.15) is 54.7 Å². The first-order valence-electron chi connectivity index (χ1n) is 11.2. The van der Waals surface area contributed by atoms with Gasteiger partial charge in [0.25, 0.3) is 17.7 Å². The van der Waals surface area contributed by atoms with Gasteiger partial charge in [0.1, 0.15) is 0 Å². The number of hydrogen-bond acceptors (Lipinski definition) is 6. The number of benzene rings is 1. The first-order chi connectivity index (χ1) is 16.5. The van der Waals surface area contributed by atoms with Gasteiger partial charge in [-0.05, 0) is 73.8 Å². The highest BCUT2D eigenvalue weighted by Crippen LogP contribution is 2.31. The Morgan fingerprint density at radius 3 is 2.50 bits per heavy atom. The van der Waals surface area contributed by atoms with E-state index in [1.165, 1.54) is 10.5 Å². The molecule has 7 nitrogen and oxygen atoms in total. The van der Waals surface area contributed by atoms with Crippen molar-refractivity contribution in [2.75, 3.05) is 31.5 Å². The van der Waals surface area contributed by atoms with Crippen LogP contribution in [0.3, 0.4) is 0 Å². The molecule has 0 aliphatic carbocycles. The third-order valence-electron chi connectivity index (χ3n) is 6.45. The number of likely N-dealkylation sites (tertiary alicyclic amines) is 1. The van der Waals surface area contributed by atoms with Gasteiger partial charge in [-0.2, -0.15) is 0 Å². The molecule has 9 heteroatoms. The number of imide groups is 1. The van der Waals surface area contributed by atoms with Crippen molar-refractivity contribution in [2.24, 2.45) is 0 Å². The summed E-state index contributed by atoms with van der Waals surface area (Å²) in [6.45, 7) is 2.78. The molecule has 1 saturated heterocycles. The predicted octanol–water partition coefficient (Wildman–Crippen LogP) is 4.52. The summed E-state index contributed by atoms with van der Waals surface area (Å²) < 4.78 is 0.505. The predicted molar refractivity (Wildman–Crippen MR) is 132 cm³/mol. The van der Waals surface area contributed by atoms with Crippen molar-refractivity contribution in [3.63, 3.8) is 0 Å². The number of nitrogens with zero attached hydrogens (tertiary/aromatic N) is 3. The normalized spacial score (nSPS) is 16.7. The zero-order valence-corrected chi connectivity index (χ0v) is 19.9. The molecule has 1 aromatic carbocycles. The molecule has 0 radical (unpaired) electrons. The average molecular weight is 495 g/mol. The summed E-state index contributed by atoms with van der Waals surface area (Å²) in [5, 5.41) is 2.77. The summed E-state index contributed by atoms with van der Waals surface area (Å²) >= 11 is 7.08. The van der Waals surface area contributed by atoms with Crippen LogP contribution in [0.5, 0.6) is 0 Å². The number of fused-ring (bicyclic) bond motifs is 1. The van der Waals surface area contributed by atoms with Gasteiger partial charge in [-0.15, -0.1) is 11.3 Å². The Kier molecular flexibility index (Phi) is 6.45. The number of aromatic nitrogens is 1. The third-order valence-corrected chi connectivity index (χ3v) is 7.68. The largest absolute Gasteiger partial charge is 0.321 e. The second-order valence-electron chi connectivity index (χ2n) is 8.44. The summed E-state index contributed by atoms with van der Waals surface area (Å²) in [5.41, 5.74) is 2.23. The SMILES string of the molecule is O=C(Nc1cccc2c1C(=O)N(CCN1CCC(c3ccncc3)CC1)C2=O)c1ccc(Cl)s1. The number of pyridine rings is 1. The van der Waals surface area contributed by atoms with Crippen molar-refractivity contribution in [3.05, 3.63) is 80.8 Å². The van der Waals surface area contributed by atoms with Crippen molar-refractivity contribution < 1.29 is 14.4 Å². The molecule has 4 heterocycles. The highest BCUT2D eigenvalue weighted by molar-refractivity contribution is 7.18. The molecule has 34 heavy (non-hydrogen) atoms. The van der Waals surface area contributed by atoms with E-state index in [0.29, 0.717) is 39.5 Å². The maximum Gasteiger partial charge on any atom is 0.265 e. The third kappa shape index (κ3) is 4.49. The lowest BCUT2D eigenvalue weighted by Crippen LogP contribution is -2.41. The summed E-state index contributed by atoms with van der Waals surface area (Å²) in [6, 6.07) is 12.4. The standard InChI is InChI=1S/C25H23ClN4O3S/c26-21-5-4-20(34-21)23(31)28-19-3-1-2-18-22(19)25(33)30(24(18)32)15-14-29-12-8-17(9-13-29)16-6-10-27-11-7-16/h1-7,10-11,17H,8-9,12-15H2,(H,28,31). The van der Waals surface area contributed by atoms with Crippen LogP contribution in [-0.2, 0) is 0 Å². The Balaban J connectivity index is 1.22. The smallest absolute Gasteiger partial charge is 0.265 e. The number of nitrogens with one attached hydrogen (secondary N) is 1. The molecule has 174 valence electrons. The van der Waals surface area contributed by atoms with Gasteiger partial charge >= 0.3 is 0 Å². The molecule has 0 unspecified atom stereocenters. The quantitative estimate of drug-likeness (QED) is 0.509. The maximum atomic E-state index is 13.2. The van der Waals surface area contributed by atoms with Crippen molar-refractivity contribution in [2.45, 2.75) is 18.8 Å². The number of carbonyl (C=O) groups excluding carboxylic acids is 3. The van der Waals surface area contributed by atoms with Gasteiger partial charge < -0.3 is 10.2 Å². The first-order valence-corrected chi connectivity index (χ1v) is 12.4. The Morgan fingerprint density at radius 2 is 1.79 bits per heavy atom. The zero-order chi connectivity index (χ0) is 23.7. The second kappa shape index (κ2) is 9.66. The van der Waals surface area contributed by atoms with Crippen LogP contribution in [0.2, 0.25) is 4.34 Å². The van der Waals surface area contributed by atoms with Crippen molar-refractivity contribution in [1.29, 1.82) is 0 Å². The number of anilines is 1. The van der Waals surface area contributed by atoms with Crippen LogP contribution in [0.25, 0.3) is 0 Å². The maximum absolute atomic E-state index is 13.2. The lowest BCUT2D eigenvalue weighted by atomic mass is 9.90. The molecule has 1 fully saturated rings. The van der Waals surface area contributed by atoms with Crippen molar-refractivity contribution >= 4 is 46.3 Å². The fourth-order valence-electron chi connectivity index (χ4n) is 4.63. The van der Waals surface area contributed by atoms with Gasteiger partial charge in [-0.25, -0.2) is 0 Å². The molecular formula is C25H23ClN4O3S. The van der Waals surface area contributed by atoms with Gasteiger partial charge in [0.15, 0.2) is 0 Å². The van der Waals surface area contributed by atoms with E-state index in [0.717, 1.165) is 37.3 Å². The molecule has 2 aliphatic heterocycles. The summed E-state index contributed by atoms with van der Waals surface area (Å²) in [6.07, 6.45) is 5.73. The monoisotopic (exact) mass is 494 g/mol. The van der Waals surface area contributed by atoms with Gasteiger partial charge in [0.05, 0.1) is 26.0 Å². The van der Waals surface area contributed by atoms with Crippen LogP contribution in [0.4, 0.5) is 5.69 Å². The van der Waals surface area contributed by atoms with E-state index < -0.39 is 0 Å². The second-order valence-corrected chi connectivity index (χ2v) is 10.2. The topological polar surface area (TPSA) is 82.6 Å². The van der Waals surface area contributed by atoms with Crippen LogP contribution >= 0.6 is 22.9 Å². The Hall–Kier alpha value is -3.07. The number of rotatable bonds is 6. The van der Waals surface area contributed by atoms with Crippen LogP contribution < -0.4 is 5.32 Å². The molecule has 3 aromatic rings. The lowest BCUT2D eigenvalue weighted by molar-refractivity contribution is 0.0630. The minimum atomic E-state index is -0.369. The molecule has 1 N–H and O–H groups in total. The van der Waals surface area contributed by atoms with Crippen LogP contribution in [0, 0.1) is 0 Å². The number of hydrogen-bond donors (Lipinski definition) is 1. The number of carbonyl (C=O) groups is 3. The van der Waals surface area contributed by atoms with Crippen molar-refractivity contribution in [1.82, 2.24) is 14.8 Å². The summed E-state index contributed by atoms with van der Waals surface area (Å²) in [4.78, 5) is 46.8. The van der Waals surface area contributed by atoms with E-state index in [-0.39, 0.29) is 23.3 Å². The highest BCUT2D eigenvalue weighted by atomic mass is 35.5. The highest BCUT2D eigenvalue weighted by Gasteiger charge is 2.38. The molecule has 0 spiro atoms. The van der Waals surface area contributed by atoms with Gasteiger partial charge in [-0.1, -0.05) is 17.7 Å². The zero-order valence-electron chi connectivity index (χ0n) is 18.4. The average Bonchev–Trinajstić information content (AvgIpc) is 3.40. The van der Waals surface area contributed by atoms with E-state index in [1.807, 2.05) is 12.4 Å². The molecule has 2 aliphatic rings. The number of amides is 3.